The molecule has 0 bridgehead atoms. The van der Waals surface area contributed by atoms with Gasteiger partial charge in [0.05, 0.1) is 4.90 Å². The van der Waals surface area contributed by atoms with Gasteiger partial charge in [-0.1, -0.05) is 30.3 Å². The van der Waals surface area contributed by atoms with Crippen molar-refractivity contribution in [3.05, 3.63) is 59.7 Å². The van der Waals surface area contributed by atoms with Gasteiger partial charge >= 0.3 is 0 Å². The maximum Gasteiger partial charge on any atom is 0.238 e. The van der Waals surface area contributed by atoms with Gasteiger partial charge in [0.25, 0.3) is 0 Å². The fraction of sp³-hybridized carbons (Fsp3) is 0.143. The molecule has 4 nitrogen and oxygen atoms in total. The zero-order valence-electron chi connectivity index (χ0n) is 10.6. The van der Waals surface area contributed by atoms with Crippen LogP contribution < -0.4 is 10.5 Å². The first kappa shape index (κ1) is 13.6. The minimum absolute atomic E-state index is 0.113. The first-order valence-electron chi connectivity index (χ1n) is 5.88. The Bertz CT molecular complexity index is 681. The summed E-state index contributed by atoms with van der Waals surface area (Å²) in [6.07, 6.45) is 0. The van der Waals surface area contributed by atoms with Gasteiger partial charge in [0.15, 0.2) is 0 Å². The highest BCUT2D eigenvalue weighted by atomic mass is 32.2. The van der Waals surface area contributed by atoms with Crippen molar-refractivity contribution in [1.29, 1.82) is 0 Å². The van der Waals surface area contributed by atoms with Crippen molar-refractivity contribution in [3.63, 3.8) is 0 Å². The van der Waals surface area contributed by atoms with Gasteiger partial charge in [-0.3, -0.25) is 0 Å². The van der Waals surface area contributed by atoms with E-state index in [1.54, 1.807) is 6.07 Å². The Balaban J connectivity index is 2.15. The summed E-state index contributed by atoms with van der Waals surface area (Å²) in [5, 5.41) is 8.30. The van der Waals surface area contributed by atoms with Gasteiger partial charge in [-0.05, 0) is 36.2 Å². The first-order valence-corrected chi connectivity index (χ1v) is 7.43. The molecule has 3 N–H and O–H groups in total. The highest BCUT2D eigenvalue weighted by Gasteiger charge is 2.07. The third-order valence-electron chi connectivity index (χ3n) is 2.91. The molecule has 0 heterocycles. The summed E-state index contributed by atoms with van der Waals surface area (Å²) in [7, 11) is -3.66. The highest BCUT2D eigenvalue weighted by Crippen LogP contribution is 2.16. The van der Waals surface area contributed by atoms with Crippen LogP contribution in [-0.2, 0) is 16.6 Å². The van der Waals surface area contributed by atoms with Crippen LogP contribution in [0.4, 0.5) is 5.69 Å². The molecule has 2 aromatic rings. The highest BCUT2D eigenvalue weighted by molar-refractivity contribution is 7.89. The molecule has 0 aliphatic heterocycles. The monoisotopic (exact) mass is 276 g/mol. The normalized spacial score (nSPS) is 11.3. The lowest BCUT2D eigenvalue weighted by molar-refractivity contribution is 0.598. The Kier molecular flexibility index (Phi) is 3.87. The smallest absolute Gasteiger partial charge is 0.238 e. The number of hydrogen-bond acceptors (Lipinski definition) is 3. The van der Waals surface area contributed by atoms with Gasteiger partial charge in [0.1, 0.15) is 0 Å². The maximum absolute atomic E-state index is 11.3. The molecule has 0 aliphatic rings. The van der Waals surface area contributed by atoms with Crippen molar-refractivity contribution < 1.29 is 8.42 Å². The molecule has 0 aromatic heterocycles. The molecule has 0 atom stereocenters. The maximum atomic E-state index is 11.3. The van der Waals surface area contributed by atoms with E-state index in [4.69, 9.17) is 5.14 Å². The molecule has 0 unspecified atom stereocenters. The molecular weight excluding hydrogens is 260 g/mol. The molecule has 0 amide bonds. The van der Waals surface area contributed by atoms with E-state index in [-0.39, 0.29) is 4.90 Å². The Labute approximate surface area is 113 Å². The van der Waals surface area contributed by atoms with Gasteiger partial charge in [0, 0.05) is 12.2 Å². The molecule has 2 aromatic carbocycles. The Morgan fingerprint density at radius 1 is 1.11 bits per heavy atom. The quantitative estimate of drug-likeness (QED) is 0.899. The van der Waals surface area contributed by atoms with E-state index in [0.717, 1.165) is 5.69 Å². The lowest BCUT2D eigenvalue weighted by Crippen LogP contribution is -2.12. The summed E-state index contributed by atoms with van der Waals surface area (Å²) in [4.78, 5) is 0.113. The molecule has 0 fully saturated rings. The molecular formula is C14H16N2O2S. The van der Waals surface area contributed by atoms with Crippen molar-refractivity contribution in [2.75, 3.05) is 5.32 Å². The fourth-order valence-corrected chi connectivity index (χ4v) is 2.35. The van der Waals surface area contributed by atoms with E-state index >= 15 is 0 Å². The second-order valence-electron chi connectivity index (χ2n) is 4.35. The Morgan fingerprint density at radius 2 is 1.84 bits per heavy atom. The predicted octanol–water partition coefficient (Wildman–Crippen LogP) is 2.25. The van der Waals surface area contributed by atoms with Crippen LogP contribution in [-0.4, -0.2) is 8.42 Å². The summed E-state index contributed by atoms with van der Waals surface area (Å²) in [5.41, 5.74) is 3.09. The number of sulfonamides is 1. The number of anilines is 1. The number of nitrogens with one attached hydrogen (secondary N) is 1. The number of nitrogens with two attached hydrogens (primary N) is 1. The van der Waals surface area contributed by atoms with Crippen LogP contribution in [0.3, 0.4) is 0 Å². The van der Waals surface area contributed by atoms with Crippen molar-refractivity contribution in [2.24, 2.45) is 5.14 Å². The van der Waals surface area contributed by atoms with Crippen LogP contribution in [0.1, 0.15) is 11.1 Å². The molecule has 0 aliphatic carbocycles. The van der Waals surface area contributed by atoms with Crippen molar-refractivity contribution >= 4 is 15.7 Å². The third-order valence-corrected chi connectivity index (χ3v) is 3.82. The van der Waals surface area contributed by atoms with Gasteiger partial charge in [-0.15, -0.1) is 0 Å². The number of hydrogen-bond donors (Lipinski definition) is 2. The zero-order chi connectivity index (χ0) is 13.9. The fourth-order valence-electron chi connectivity index (χ4n) is 1.79. The molecule has 0 radical (unpaired) electrons. The second kappa shape index (κ2) is 5.42. The van der Waals surface area contributed by atoms with Crippen LogP contribution >= 0.6 is 0 Å². The van der Waals surface area contributed by atoms with E-state index in [9.17, 15) is 8.42 Å². The third kappa shape index (κ3) is 3.56. The topological polar surface area (TPSA) is 72.2 Å². The van der Waals surface area contributed by atoms with Gasteiger partial charge in [-0.2, -0.15) is 0 Å². The van der Waals surface area contributed by atoms with Crippen molar-refractivity contribution in [2.45, 2.75) is 18.4 Å². The number of benzene rings is 2. The van der Waals surface area contributed by atoms with Crippen LogP contribution in [0.5, 0.6) is 0 Å². The molecule has 0 spiro atoms. The van der Waals surface area contributed by atoms with Crippen molar-refractivity contribution in [1.82, 2.24) is 0 Å². The Hall–Kier alpha value is -1.85. The Morgan fingerprint density at radius 3 is 2.53 bits per heavy atom. The van der Waals surface area contributed by atoms with Gasteiger partial charge in [0.2, 0.25) is 10.0 Å². The van der Waals surface area contributed by atoms with E-state index in [2.05, 4.69) is 5.32 Å². The van der Waals surface area contributed by atoms with E-state index < -0.39 is 10.0 Å². The van der Waals surface area contributed by atoms with Crippen LogP contribution in [0, 0.1) is 6.92 Å². The molecule has 19 heavy (non-hydrogen) atoms. The van der Waals surface area contributed by atoms with E-state index in [1.807, 2.05) is 37.3 Å². The summed E-state index contributed by atoms with van der Waals surface area (Å²) in [6, 6.07) is 14.5. The average molecular weight is 276 g/mol. The van der Waals surface area contributed by atoms with Crippen molar-refractivity contribution in [3.8, 4) is 0 Å². The molecule has 0 saturated heterocycles. The lowest BCUT2D eigenvalue weighted by atomic mass is 10.1. The molecule has 100 valence electrons. The first-order chi connectivity index (χ1) is 8.97. The standard InChI is InChI=1S/C14H16N2O2S/c1-11-5-2-3-6-12(11)10-16-13-7-4-8-14(9-13)19(15,17)18/h2-9,16H,10H2,1H3,(H2,15,17,18). The minimum Gasteiger partial charge on any atom is -0.381 e. The molecule has 5 heteroatoms. The number of aryl methyl sites for hydroxylation is 1. The summed E-state index contributed by atoms with van der Waals surface area (Å²) in [6.45, 7) is 2.68. The van der Waals surface area contributed by atoms with Gasteiger partial charge < -0.3 is 5.32 Å². The largest absolute Gasteiger partial charge is 0.381 e. The van der Waals surface area contributed by atoms with Crippen LogP contribution in [0.25, 0.3) is 0 Å². The van der Waals surface area contributed by atoms with E-state index in [1.165, 1.54) is 23.3 Å². The van der Waals surface area contributed by atoms with Crippen LogP contribution in [0.2, 0.25) is 0 Å². The van der Waals surface area contributed by atoms with Gasteiger partial charge in [-0.25, -0.2) is 13.6 Å². The SMILES string of the molecule is Cc1ccccc1CNc1cccc(S(N)(=O)=O)c1. The number of rotatable bonds is 4. The summed E-state index contributed by atoms with van der Waals surface area (Å²) in [5.74, 6) is 0. The van der Waals surface area contributed by atoms with E-state index in [0.29, 0.717) is 6.54 Å². The molecule has 2 rings (SSSR count). The lowest BCUT2D eigenvalue weighted by Gasteiger charge is -2.09. The number of primary sulfonamides is 1. The minimum atomic E-state index is -3.66. The summed E-state index contributed by atoms with van der Waals surface area (Å²) < 4.78 is 22.5. The zero-order valence-corrected chi connectivity index (χ0v) is 11.4. The predicted molar refractivity (Wildman–Crippen MR) is 76.3 cm³/mol. The van der Waals surface area contributed by atoms with Crippen LogP contribution in [0.15, 0.2) is 53.4 Å². The average Bonchev–Trinajstić information content (AvgIpc) is 2.37. The molecule has 0 saturated carbocycles. The second-order valence-corrected chi connectivity index (χ2v) is 5.91. The summed E-state index contributed by atoms with van der Waals surface area (Å²) >= 11 is 0.